The van der Waals surface area contributed by atoms with Crippen LogP contribution in [-0.2, 0) is 11.3 Å². The van der Waals surface area contributed by atoms with Gasteiger partial charge in [-0.3, -0.25) is 0 Å². The van der Waals surface area contributed by atoms with Gasteiger partial charge in [0.15, 0.2) is 0 Å². The Balaban J connectivity index is 1.73. The molecule has 0 saturated carbocycles. The highest BCUT2D eigenvalue weighted by molar-refractivity contribution is 6.04. The minimum Gasteiger partial charge on any atom is -0.312 e. The molecule has 1 heterocycles. The molecule has 0 saturated heterocycles. The molecule has 1 aliphatic rings. The number of carbonyl (C=O) groups excluding carboxylic acids is 1. The van der Waals surface area contributed by atoms with E-state index in [0.717, 1.165) is 29.1 Å². The molecule has 3 aromatic rings. The maximum Gasteiger partial charge on any atom is 0.368 e. The molecule has 148 valence electrons. The Bertz CT molecular complexity index is 1100. The molecule has 5 nitrogen and oxygen atoms in total. The van der Waals surface area contributed by atoms with Crippen molar-refractivity contribution in [3.8, 4) is 5.69 Å². The van der Waals surface area contributed by atoms with Gasteiger partial charge in [-0.1, -0.05) is 49.3 Å². The highest BCUT2D eigenvalue weighted by Crippen LogP contribution is 2.37. The molecule has 0 aliphatic heterocycles. The number of nitrogens with zero attached hydrogens (tertiary/aromatic N) is 3. The third-order valence-electron chi connectivity index (χ3n) is 5.07. The summed E-state index contributed by atoms with van der Waals surface area (Å²) in [6.45, 7) is 6.20. The second-order valence-corrected chi connectivity index (χ2v) is 8.07. The van der Waals surface area contributed by atoms with E-state index < -0.39 is 11.8 Å². The van der Waals surface area contributed by atoms with Gasteiger partial charge in [-0.05, 0) is 49.4 Å². The lowest BCUT2D eigenvalue weighted by Crippen LogP contribution is -2.29. The van der Waals surface area contributed by atoms with E-state index >= 15 is 0 Å². The summed E-state index contributed by atoms with van der Waals surface area (Å²) in [4.78, 5) is 17.4. The van der Waals surface area contributed by atoms with Crippen LogP contribution in [-0.4, -0.2) is 21.5 Å². The maximum absolute atomic E-state index is 13.9. The van der Waals surface area contributed by atoms with E-state index in [-0.39, 0.29) is 11.0 Å². The van der Waals surface area contributed by atoms with Crippen LogP contribution in [0.4, 0.5) is 4.39 Å². The molecule has 0 radical (unpaired) electrons. The third-order valence-corrected chi connectivity index (χ3v) is 5.07. The lowest BCUT2D eigenvalue weighted by atomic mass is 9.75. The summed E-state index contributed by atoms with van der Waals surface area (Å²) >= 11 is 0. The van der Waals surface area contributed by atoms with Crippen LogP contribution in [0.1, 0.15) is 47.6 Å². The molecule has 4 rings (SSSR count). The monoisotopic (exact) mass is 391 g/mol. The van der Waals surface area contributed by atoms with Crippen LogP contribution < -0.4 is 0 Å². The lowest BCUT2D eigenvalue weighted by molar-refractivity contribution is 0.0508. The largest absolute Gasteiger partial charge is 0.368 e. The number of para-hydroxylation sites is 1. The van der Waals surface area contributed by atoms with Crippen LogP contribution in [0.15, 0.2) is 59.8 Å². The van der Waals surface area contributed by atoms with Crippen LogP contribution in [0.25, 0.3) is 5.69 Å². The second-order valence-electron chi connectivity index (χ2n) is 8.07. The van der Waals surface area contributed by atoms with E-state index in [1.54, 1.807) is 6.07 Å². The number of halogens is 1. The number of fused-ring (bicyclic) bond motifs is 1. The molecule has 0 spiro atoms. The number of carbonyl (C=O) groups is 1. The van der Waals surface area contributed by atoms with Crippen LogP contribution in [0.3, 0.4) is 0 Å². The zero-order chi connectivity index (χ0) is 20.6. The average molecular weight is 391 g/mol. The van der Waals surface area contributed by atoms with Crippen molar-refractivity contribution in [2.45, 2.75) is 33.6 Å². The first-order valence-corrected chi connectivity index (χ1v) is 9.53. The summed E-state index contributed by atoms with van der Waals surface area (Å²) in [6, 6.07) is 15.6. The fourth-order valence-electron chi connectivity index (χ4n) is 3.80. The first-order chi connectivity index (χ1) is 13.9. The summed E-state index contributed by atoms with van der Waals surface area (Å²) in [5.41, 5.74) is 4.15. The fraction of sp³-hybridized carbons (Fsp3) is 0.261. The number of aromatic nitrogens is 2. The Morgan fingerprint density at radius 3 is 2.52 bits per heavy atom. The number of benzene rings is 2. The van der Waals surface area contributed by atoms with Gasteiger partial charge in [0.1, 0.15) is 5.82 Å². The molecule has 29 heavy (non-hydrogen) atoms. The van der Waals surface area contributed by atoms with Crippen molar-refractivity contribution in [1.82, 2.24) is 9.78 Å². The van der Waals surface area contributed by atoms with Gasteiger partial charge in [-0.15, -0.1) is 0 Å². The Morgan fingerprint density at radius 1 is 1.10 bits per heavy atom. The van der Waals surface area contributed by atoms with Gasteiger partial charge in [-0.2, -0.15) is 5.10 Å². The normalized spacial score (nSPS) is 16.5. The molecule has 1 aliphatic carbocycles. The van der Waals surface area contributed by atoms with Crippen molar-refractivity contribution in [2.75, 3.05) is 0 Å². The molecule has 6 heteroatoms. The van der Waals surface area contributed by atoms with Crippen molar-refractivity contribution in [1.29, 1.82) is 0 Å². The SMILES string of the molecule is Cc1nn(-c2ccccc2)c2c1/C(=N/OC(=O)c1ccccc1F)CC(C)(C)C2. The van der Waals surface area contributed by atoms with Gasteiger partial charge < -0.3 is 4.84 Å². The van der Waals surface area contributed by atoms with E-state index in [0.29, 0.717) is 12.1 Å². The summed E-state index contributed by atoms with van der Waals surface area (Å²) in [7, 11) is 0. The summed E-state index contributed by atoms with van der Waals surface area (Å²) in [6.07, 6.45) is 1.45. The molecule has 0 bridgehead atoms. The van der Waals surface area contributed by atoms with Crippen molar-refractivity contribution in [3.05, 3.63) is 82.9 Å². The second kappa shape index (κ2) is 7.28. The first kappa shape index (κ1) is 19.1. The number of aryl methyl sites for hydroxylation is 1. The smallest absolute Gasteiger partial charge is 0.312 e. The Kier molecular flexibility index (Phi) is 4.78. The van der Waals surface area contributed by atoms with E-state index in [2.05, 4.69) is 19.0 Å². The lowest BCUT2D eigenvalue weighted by Gasteiger charge is -2.30. The van der Waals surface area contributed by atoms with Gasteiger partial charge in [0.2, 0.25) is 0 Å². The van der Waals surface area contributed by atoms with Crippen LogP contribution >= 0.6 is 0 Å². The van der Waals surface area contributed by atoms with Gasteiger partial charge in [0.05, 0.1) is 28.4 Å². The Morgan fingerprint density at radius 2 is 1.79 bits per heavy atom. The number of oxime groups is 1. The molecule has 1 aromatic heterocycles. The Hall–Kier alpha value is -3.28. The highest BCUT2D eigenvalue weighted by atomic mass is 19.1. The topological polar surface area (TPSA) is 56.5 Å². The summed E-state index contributed by atoms with van der Waals surface area (Å²) in [5.74, 6) is -1.44. The molecule has 0 N–H and O–H groups in total. The fourth-order valence-corrected chi connectivity index (χ4v) is 3.80. The minimum atomic E-state index is -0.811. The predicted molar refractivity (Wildman–Crippen MR) is 109 cm³/mol. The van der Waals surface area contributed by atoms with Gasteiger partial charge in [0, 0.05) is 5.56 Å². The van der Waals surface area contributed by atoms with E-state index in [1.165, 1.54) is 18.2 Å². The van der Waals surface area contributed by atoms with E-state index in [4.69, 9.17) is 9.94 Å². The Labute approximate surface area is 168 Å². The molecule has 0 atom stereocenters. The van der Waals surface area contributed by atoms with Crippen molar-refractivity contribution >= 4 is 11.7 Å². The molecular weight excluding hydrogens is 369 g/mol. The number of hydrogen-bond acceptors (Lipinski definition) is 4. The standard InChI is InChI=1S/C23H22FN3O2/c1-15-21-19(26-29-22(28)17-11-7-8-12-18(17)24)13-23(2,3)14-20(21)27(25-15)16-9-5-4-6-10-16/h4-12H,13-14H2,1-3H3/b26-19+. The quantitative estimate of drug-likeness (QED) is 0.474. The van der Waals surface area contributed by atoms with Gasteiger partial charge in [0.25, 0.3) is 0 Å². The molecule has 0 fully saturated rings. The zero-order valence-corrected chi connectivity index (χ0v) is 16.6. The van der Waals surface area contributed by atoms with Crippen LogP contribution in [0.2, 0.25) is 0 Å². The van der Waals surface area contributed by atoms with E-state index in [1.807, 2.05) is 41.9 Å². The van der Waals surface area contributed by atoms with E-state index in [9.17, 15) is 9.18 Å². The molecular formula is C23H22FN3O2. The third kappa shape index (κ3) is 3.70. The maximum atomic E-state index is 13.9. The minimum absolute atomic E-state index is 0.0881. The number of rotatable bonds is 3. The van der Waals surface area contributed by atoms with Crippen molar-refractivity contribution in [3.63, 3.8) is 0 Å². The average Bonchev–Trinajstić information content (AvgIpc) is 3.02. The molecule has 0 amide bonds. The predicted octanol–water partition coefficient (Wildman–Crippen LogP) is 4.85. The first-order valence-electron chi connectivity index (χ1n) is 9.53. The van der Waals surface area contributed by atoms with Gasteiger partial charge in [-0.25, -0.2) is 13.9 Å². The van der Waals surface area contributed by atoms with Crippen LogP contribution in [0, 0.1) is 18.2 Å². The summed E-state index contributed by atoms with van der Waals surface area (Å²) < 4.78 is 15.8. The highest BCUT2D eigenvalue weighted by Gasteiger charge is 2.35. The molecule has 2 aromatic carbocycles. The zero-order valence-electron chi connectivity index (χ0n) is 16.6. The van der Waals surface area contributed by atoms with Crippen molar-refractivity contribution < 1.29 is 14.0 Å². The van der Waals surface area contributed by atoms with Crippen molar-refractivity contribution in [2.24, 2.45) is 10.6 Å². The number of hydrogen-bond donors (Lipinski definition) is 0. The molecule has 0 unspecified atom stereocenters. The van der Waals surface area contributed by atoms with Gasteiger partial charge >= 0.3 is 5.97 Å². The summed E-state index contributed by atoms with van der Waals surface area (Å²) in [5, 5.41) is 8.87. The van der Waals surface area contributed by atoms with Crippen LogP contribution in [0.5, 0.6) is 0 Å².